The number of benzene rings is 3. The normalized spacial score (nSPS) is 15.8. The summed E-state index contributed by atoms with van der Waals surface area (Å²) in [6, 6.07) is 14.7. The molecule has 326 valence electrons. The van der Waals surface area contributed by atoms with Crippen molar-refractivity contribution in [2.24, 2.45) is 0 Å². The maximum Gasteiger partial charge on any atom is 0.286 e. The Kier molecular flexibility index (Phi) is 13.4. The average Bonchev–Trinajstić information content (AvgIpc) is 3.94. The molecule has 4 heterocycles. The summed E-state index contributed by atoms with van der Waals surface area (Å²) < 4.78 is 23.7. The number of carbonyl (C=O) groups is 2. The Bertz CT molecular complexity index is 2340. The lowest BCUT2D eigenvalue weighted by Gasteiger charge is -2.35. The van der Waals surface area contributed by atoms with E-state index in [9.17, 15) is 29.8 Å². The highest BCUT2D eigenvalue weighted by Gasteiger charge is 2.36. The van der Waals surface area contributed by atoms with Crippen molar-refractivity contribution in [3.63, 3.8) is 0 Å². The van der Waals surface area contributed by atoms with Crippen LogP contribution in [0, 0.1) is 20.2 Å². The second kappa shape index (κ2) is 18.9. The van der Waals surface area contributed by atoms with E-state index in [2.05, 4.69) is 0 Å². The second-order valence-corrected chi connectivity index (χ2v) is 17.7. The van der Waals surface area contributed by atoms with Crippen LogP contribution in [0.4, 0.5) is 11.4 Å². The van der Waals surface area contributed by atoms with Crippen molar-refractivity contribution in [2.45, 2.75) is 84.5 Å². The van der Waals surface area contributed by atoms with Crippen LogP contribution in [0.5, 0.6) is 23.0 Å². The van der Waals surface area contributed by atoms with Gasteiger partial charge >= 0.3 is 0 Å². The van der Waals surface area contributed by atoms with E-state index >= 15 is 0 Å². The van der Waals surface area contributed by atoms with Crippen molar-refractivity contribution >= 4 is 45.9 Å². The monoisotopic (exact) mass is 883 g/mol. The average molecular weight is 884 g/mol. The molecule has 0 fully saturated rings. The first-order valence-electron chi connectivity index (χ1n) is 20.3. The molecule has 0 aliphatic carbocycles. The van der Waals surface area contributed by atoms with E-state index in [1.54, 1.807) is 32.5 Å². The number of thiophene rings is 2. The highest BCUT2D eigenvalue weighted by atomic mass is 32.1. The second-order valence-electron chi connectivity index (χ2n) is 15.7. The van der Waals surface area contributed by atoms with Crippen LogP contribution in [0.15, 0.2) is 65.4 Å². The van der Waals surface area contributed by atoms with E-state index in [4.69, 9.17) is 18.9 Å². The molecule has 0 unspecified atom stereocenters. The summed E-state index contributed by atoms with van der Waals surface area (Å²) in [6.45, 7) is 5.26. The molecule has 0 N–H and O–H groups in total. The summed E-state index contributed by atoms with van der Waals surface area (Å²) in [5, 5.41) is 28.9. The van der Waals surface area contributed by atoms with Crippen LogP contribution in [-0.2, 0) is 45.7 Å². The molecule has 62 heavy (non-hydrogen) atoms. The van der Waals surface area contributed by atoms with Gasteiger partial charge in [0.25, 0.3) is 23.2 Å². The molecule has 0 spiro atoms. The molecule has 2 atom stereocenters. The first-order chi connectivity index (χ1) is 29.8. The van der Waals surface area contributed by atoms with Gasteiger partial charge in [0.1, 0.15) is 24.3 Å². The lowest BCUT2D eigenvalue weighted by Crippen LogP contribution is -2.43. The first-order valence-corrected chi connectivity index (χ1v) is 22.0. The third-order valence-electron chi connectivity index (χ3n) is 11.4. The molecular formula is C45H49N5O10S2. The standard InChI is InChI=1S/C45H49N5O10S2/c1-7-32-16-42-30(9-11-61-42)23-47(32)44(51)34-18-38(57-5)40(20-36(34)49(53)54)59-25-28-13-27(22-46(3)4)14-29(15-28)26-60-41-21-37(50(55)56)35(19-39(41)58-6)45(52)48-24-31-10-12-62-43(31)17-33(48)8-2/h9-15,18-21,32-33H,7-8,16-17,22-26H2,1-6H3/t32-,33+. The van der Waals surface area contributed by atoms with E-state index in [0.29, 0.717) is 56.4 Å². The van der Waals surface area contributed by atoms with Gasteiger partial charge in [-0.1, -0.05) is 26.0 Å². The van der Waals surface area contributed by atoms with Crippen LogP contribution in [-0.4, -0.2) is 76.8 Å². The number of ether oxygens (including phenoxy) is 4. The van der Waals surface area contributed by atoms with Crippen LogP contribution < -0.4 is 18.9 Å². The van der Waals surface area contributed by atoms with Gasteiger partial charge in [-0.25, -0.2) is 0 Å². The topological polar surface area (TPSA) is 167 Å². The van der Waals surface area contributed by atoms with Gasteiger partial charge in [-0.2, -0.15) is 0 Å². The van der Waals surface area contributed by atoms with Crippen molar-refractivity contribution in [3.05, 3.63) is 134 Å². The summed E-state index contributed by atoms with van der Waals surface area (Å²) in [4.78, 5) is 59.7. The molecule has 7 rings (SSSR count). The number of hydrogen-bond donors (Lipinski definition) is 0. The smallest absolute Gasteiger partial charge is 0.286 e. The van der Waals surface area contributed by atoms with Crippen LogP contribution in [0.1, 0.15) is 85.0 Å². The fourth-order valence-electron chi connectivity index (χ4n) is 8.23. The predicted octanol–water partition coefficient (Wildman–Crippen LogP) is 8.82. The Morgan fingerprint density at radius 3 is 1.47 bits per heavy atom. The van der Waals surface area contributed by atoms with Crippen molar-refractivity contribution in [1.82, 2.24) is 14.7 Å². The molecule has 2 aromatic heterocycles. The minimum Gasteiger partial charge on any atom is -0.493 e. The Balaban J connectivity index is 1.12. The number of nitro groups is 2. The maximum absolute atomic E-state index is 14.0. The van der Waals surface area contributed by atoms with Gasteiger partial charge < -0.3 is 33.6 Å². The quantitative estimate of drug-likeness (QED) is 0.0686. The zero-order chi connectivity index (χ0) is 44.2. The molecule has 0 radical (unpaired) electrons. The van der Waals surface area contributed by atoms with E-state index in [0.717, 1.165) is 16.7 Å². The molecule has 0 saturated heterocycles. The highest BCUT2D eigenvalue weighted by Crippen LogP contribution is 2.40. The van der Waals surface area contributed by atoms with Gasteiger partial charge in [0.05, 0.1) is 36.2 Å². The molecule has 15 nitrogen and oxygen atoms in total. The number of nitro benzene ring substituents is 2. The molecule has 0 saturated carbocycles. The van der Waals surface area contributed by atoms with E-state index in [1.165, 1.54) is 48.2 Å². The van der Waals surface area contributed by atoms with Crippen LogP contribution in [0.3, 0.4) is 0 Å². The van der Waals surface area contributed by atoms with Crippen molar-refractivity contribution < 1.29 is 38.4 Å². The Labute approximate surface area is 367 Å². The number of hydrogen-bond acceptors (Lipinski definition) is 13. The van der Waals surface area contributed by atoms with Gasteiger partial charge in [-0.05, 0) is 83.7 Å². The summed E-state index contributed by atoms with van der Waals surface area (Å²) >= 11 is 3.31. The van der Waals surface area contributed by atoms with Crippen LogP contribution in [0.25, 0.3) is 0 Å². The zero-order valence-electron chi connectivity index (χ0n) is 35.5. The van der Waals surface area contributed by atoms with Crippen molar-refractivity contribution in [1.29, 1.82) is 0 Å². The van der Waals surface area contributed by atoms with Gasteiger partial charge in [-0.15, -0.1) is 22.7 Å². The first kappa shape index (κ1) is 44.0. The largest absolute Gasteiger partial charge is 0.493 e. The molecule has 2 amide bonds. The highest BCUT2D eigenvalue weighted by molar-refractivity contribution is 7.10. The Morgan fingerprint density at radius 2 is 1.10 bits per heavy atom. The maximum atomic E-state index is 14.0. The van der Waals surface area contributed by atoms with E-state index in [1.807, 2.05) is 73.9 Å². The van der Waals surface area contributed by atoms with Crippen molar-refractivity contribution in [2.75, 3.05) is 28.3 Å². The predicted molar refractivity (Wildman–Crippen MR) is 236 cm³/mol. The SMILES string of the molecule is CC[C@@H]1Cc2sccc2CN1C(=O)c1cc(OC)c(OCc2cc(COc3cc([N+](=O)[O-])c(C(=O)N4Cc5ccsc5C[C@@H]4CC)cc3OC)cc(CN(C)C)c2)cc1[N+](=O)[O-]. The third kappa shape index (κ3) is 9.24. The zero-order valence-corrected chi connectivity index (χ0v) is 37.1. The minimum atomic E-state index is -0.580. The van der Waals surface area contributed by atoms with Gasteiger partial charge in [-0.3, -0.25) is 29.8 Å². The fourth-order valence-corrected chi connectivity index (χ4v) is 10.2. The lowest BCUT2D eigenvalue weighted by molar-refractivity contribution is -0.385. The van der Waals surface area contributed by atoms with Gasteiger partial charge in [0.2, 0.25) is 0 Å². The molecule has 3 aromatic carbocycles. The molecule has 0 bridgehead atoms. The van der Waals surface area contributed by atoms with E-state index in [-0.39, 0.29) is 70.8 Å². The number of amides is 2. The van der Waals surface area contributed by atoms with Crippen LogP contribution >= 0.6 is 22.7 Å². The number of rotatable bonds is 16. The molecule has 2 aliphatic rings. The lowest BCUT2D eigenvalue weighted by atomic mass is 9.98. The summed E-state index contributed by atoms with van der Waals surface area (Å²) in [6.07, 6.45) is 2.78. The number of carbonyl (C=O) groups excluding carboxylic acids is 2. The number of fused-ring (bicyclic) bond motifs is 2. The van der Waals surface area contributed by atoms with Gasteiger partial charge in [0, 0.05) is 66.4 Å². The molecular weight excluding hydrogens is 835 g/mol. The minimum absolute atomic E-state index is 0.0201. The number of methoxy groups -OCH3 is 2. The fraction of sp³-hybridized carbons (Fsp3) is 0.378. The summed E-state index contributed by atoms with van der Waals surface area (Å²) in [7, 11) is 6.69. The van der Waals surface area contributed by atoms with Crippen LogP contribution in [0.2, 0.25) is 0 Å². The molecule has 2 aliphatic heterocycles. The third-order valence-corrected chi connectivity index (χ3v) is 13.3. The van der Waals surface area contributed by atoms with Crippen molar-refractivity contribution in [3.8, 4) is 23.0 Å². The Hall–Kier alpha value is -6.04. The van der Waals surface area contributed by atoms with E-state index < -0.39 is 21.7 Å². The number of nitrogens with zero attached hydrogens (tertiary/aromatic N) is 5. The summed E-state index contributed by atoms with van der Waals surface area (Å²) in [5.41, 5.74) is 3.48. The molecule has 17 heteroatoms. The Morgan fingerprint density at radius 1 is 0.677 bits per heavy atom. The van der Waals surface area contributed by atoms with Gasteiger partial charge in [0.15, 0.2) is 23.0 Å². The summed E-state index contributed by atoms with van der Waals surface area (Å²) in [5.74, 6) is -0.363. The molecule has 5 aromatic rings.